The second-order valence-electron chi connectivity index (χ2n) is 5.31. The molecule has 1 heteroatoms. The minimum Gasteiger partial charge on any atom is -0.377 e. The number of hydrogen-bond donors (Lipinski definition) is 0. The first kappa shape index (κ1) is 15.5. The normalized spacial score (nSPS) is 12.0. The molecule has 0 saturated carbocycles. The van der Waals surface area contributed by atoms with Crippen LogP contribution in [0.15, 0.2) is 73.3 Å². The van der Waals surface area contributed by atoms with Crippen molar-refractivity contribution in [2.45, 2.75) is 31.8 Å². The Hall–Kier alpha value is -1.86. The zero-order chi connectivity index (χ0) is 14.8. The number of benzene rings is 2. The molecule has 0 bridgehead atoms. The van der Waals surface area contributed by atoms with E-state index in [1.165, 1.54) is 11.1 Å². The largest absolute Gasteiger partial charge is 0.377 e. The van der Waals surface area contributed by atoms with Crippen molar-refractivity contribution in [3.05, 3.63) is 84.4 Å². The molecule has 0 spiro atoms. The van der Waals surface area contributed by atoms with Crippen LogP contribution in [0.5, 0.6) is 0 Å². The highest BCUT2D eigenvalue weighted by molar-refractivity contribution is 5.20. The Labute approximate surface area is 128 Å². The first-order valence-corrected chi connectivity index (χ1v) is 7.67. The van der Waals surface area contributed by atoms with E-state index in [1.54, 1.807) is 0 Å². The minimum atomic E-state index is 0.559. The lowest BCUT2D eigenvalue weighted by Crippen LogP contribution is -2.01. The van der Waals surface area contributed by atoms with Gasteiger partial charge in [-0.05, 0) is 36.3 Å². The molecule has 0 fully saturated rings. The van der Waals surface area contributed by atoms with Gasteiger partial charge >= 0.3 is 0 Å². The Morgan fingerprint density at radius 2 is 1.62 bits per heavy atom. The van der Waals surface area contributed by atoms with E-state index < -0.39 is 0 Å². The van der Waals surface area contributed by atoms with Crippen molar-refractivity contribution in [3.63, 3.8) is 0 Å². The summed E-state index contributed by atoms with van der Waals surface area (Å²) in [6.45, 7) is 5.40. The summed E-state index contributed by atoms with van der Waals surface area (Å²) in [4.78, 5) is 0. The van der Waals surface area contributed by atoms with Gasteiger partial charge in [0, 0.05) is 6.61 Å². The predicted molar refractivity (Wildman–Crippen MR) is 89.3 cm³/mol. The topological polar surface area (TPSA) is 9.23 Å². The lowest BCUT2D eigenvalue weighted by atomic mass is 9.91. The highest BCUT2D eigenvalue weighted by Gasteiger charge is 2.09. The summed E-state index contributed by atoms with van der Waals surface area (Å²) < 4.78 is 5.76. The van der Waals surface area contributed by atoms with E-state index in [4.69, 9.17) is 4.74 Å². The third kappa shape index (κ3) is 5.57. The van der Waals surface area contributed by atoms with Gasteiger partial charge in [-0.2, -0.15) is 0 Å². The SMILES string of the molecule is C=CCC(CCCOCc1ccccc1)c1ccccc1. The van der Waals surface area contributed by atoms with Crippen molar-refractivity contribution in [2.75, 3.05) is 6.61 Å². The van der Waals surface area contributed by atoms with Crippen molar-refractivity contribution < 1.29 is 4.74 Å². The fourth-order valence-electron chi connectivity index (χ4n) is 2.54. The van der Waals surface area contributed by atoms with Gasteiger partial charge in [0.2, 0.25) is 0 Å². The van der Waals surface area contributed by atoms with Crippen LogP contribution in [0.25, 0.3) is 0 Å². The summed E-state index contributed by atoms with van der Waals surface area (Å²) in [6.07, 6.45) is 5.27. The van der Waals surface area contributed by atoms with E-state index in [0.29, 0.717) is 12.5 Å². The molecule has 1 atom stereocenters. The smallest absolute Gasteiger partial charge is 0.0716 e. The van der Waals surface area contributed by atoms with Gasteiger partial charge in [0.1, 0.15) is 0 Å². The number of rotatable bonds is 9. The predicted octanol–water partition coefficient (Wildman–Crippen LogP) is 5.34. The average molecular weight is 280 g/mol. The van der Waals surface area contributed by atoms with Crippen molar-refractivity contribution in [1.29, 1.82) is 0 Å². The monoisotopic (exact) mass is 280 g/mol. The van der Waals surface area contributed by atoms with Crippen LogP contribution in [0.3, 0.4) is 0 Å². The van der Waals surface area contributed by atoms with Crippen LogP contribution in [0, 0.1) is 0 Å². The van der Waals surface area contributed by atoms with Crippen LogP contribution in [0.4, 0.5) is 0 Å². The molecule has 0 aliphatic rings. The molecule has 2 aromatic carbocycles. The standard InChI is InChI=1S/C20H24O/c1-2-10-19(20-13-7-4-8-14-20)15-9-16-21-17-18-11-5-3-6-12-18/h2-8,11-14,19H,1,9-10,15-17H2. The fraction of sp³-hybridized carbons (Fsp3) is 0.300. The molecule has 0 saturated heterocycles. The van der Waals surface area contributed by atoms with Crippen LogP contribution in [0.2, 0.25) is 0 Å². The molecule has 2 rings (SSSR count). The molecule has 0 amide bonds. The quantitative estimate of drug-likeness (QED) is 0.445. The maximum atomic E-state index is 5.76. The second-order valence-corrected chi connectivity index (χ2v) is 5.31. The van der Waals surface area contributed by atoms with E-state index >= 15 is 0 Å². The van der Waals surface area contributed by atoms with Crippen LogP contribution in [-0.4, -0.2) is 6.61 Å². The van der Waals surface area contributed by atoms with Gasteiger partial charge in [-0.25, -0.2) is 0 Å². The molecule has 110 valence electrons. The highest BCUT2D eigenvalue weighted by atomic mass is 16.5. The van der Waals surface area contributed by atoms with Gasteiger partial charge in [0.15, 0.2) is 0 Å². The van der Waals surface area contributed by atoms with Crippen LogP contribution in [0.1, 0.15) is 36.3 Å². The van der Waals surface area contributed by atoms with Gasteiger partial charge in [-0.3, -0.25) is 0 Å². The molecule has 2 aromatic rings. The summed E-state index contributed by atoms with van der Waals surface area (Å²) in [5.74, 6) is 0.559. The van der Waals surface area contributed by atoms with Crippen molar-refractivity contribution in [3.8, 4) is 0 Å². The Morgan fingerprint density at radius 3 is 2.29 bits per heavy atom. The van der Waals surface area contributed by atoms with E-state index in [2.05, 4.69) is 49.0 Å². The van der Waals surface area contributed by atoms with Gasteiger partial charge < -0.3 is 4.74 Å². The maximum Gasteiger partial charge on any atom is 0.0716 e. The molecule has 21 heavy (non-hydrogen) atoms. The third-order valence-electron chi connectivity index (χ3n) is 3.67. The van der Waals surface area contributed by atoms with Gasteiger partial charge in [0.05, 0.1) is 6.61 Å². The summed E-state index contributed by atoms with van der Waals surface area (Å²) >= 11 is 0. The minimum absolute atomic E-state index is 0.559. The molecule has 0 heterocycles. The van der Waals surface area contributed by atoms with Crippen LogP contribution in [-0.2, 0) is 11.3 Å². The number of allylic oxidation sites excluding steroid dienone is 1. The summed E-state index contributed by atoms with van der Waals surface area (Å²) in [5, 5.41) is 0. The van der Waals surface area contributed by atoms with Gasteiger partial charge in [0.25, 0.3) is 0 Å². The van der Waals surface area contributed by atoms with E-state index in [9.17, 15) is 0 Å². The number of hydrogen-bond acceptors (Lipinski definition) is 1. The van der Waals surface area contributed by atoms with Gasteiger partial charge in [-0.1, -0.05) is 66.7 Å². The van der Waals surface area contributed by atoms with Crippen LogP contribution < -0.4 is 0 Å². The Bertz CT molecular complexity index is 504. The van der Waals surface area contributed by atoms with Crippen molar-refractivity contribution >= 4 is 0 Å². The zero-order valence-corrected chi connectivity index (χ0v) is 12.6. The molecule has 0 radical (unpaired) electrons. The average Bonchev–Trinajstić information content (AvgIpc) is 2.55. The Balaban J connectivity index is 1.71. The van der Waals surface area contributed by atoms with E-state index in [1.807, 2.05) is 24.3 Å². The molecular weight excluding hydrogens is 256 g/mol. The number of ether oxygens (including phenoxy) is 1. The zero-order valence-electron chi connectivity index (χ0n) is 12.6. The lowest BCUT2D eigenvalue weighted by Gasteiger charge is -2.15. The fourth-order valence-corrected chi connectivity index (χ4v) is 2.54. The first-order chi connectivity index (χ1) is 10.4. The molecule has 1 nitrogen and oxygen atoms in total. The summed E-state index contributed by atoms with van der Waals surface area (Å²) in [7, 11) is 0. The molecule has 0 aliphatic carbocycles. The summed E-state index contributed by atoms with van der Waals surface area (Å²) in [5.41, 5.74) is 2.64. The Kier molecular flexibility index (Phi) is 6.76. The van der Waals surface area contributed by atoms with E-state index in [-0.39, 0.29) is 0 Å². The first-order valence-electron chi connectivity index (χ1n) is 7.67. The van der Waals surface area contributed by atoms with E-state index in [0.717, 1.165) is 25.9 Å². The maximum absolute atomic E-state index is 5.76. The van der Waals surface area contributed by atoms with Crippen LogP contribution >= 0.6 is 0 Å². The second kappa shape index (κ2) is 9.15. The highest BCUT2D eigenvalue weighted by Crippen LogP contribution is 2.25. The molecular formula is C20H24O. The molecule has 0 aromatic heterocycles. The Morgan fingerprint density at radius 1 is 0.952 bits per heavy atom. The van der Waals surface area contributed by atoms with Gasteiger partial charge in [-0.15, -0.1) is 6.58 Å². The van der Waals surface area contributed by atoms with Crippen molar-refractivity contribution in [1.82, 2.24) is 0 Å². The van der Waals surface area contributed by atoms with Crippen molar-refractivity contribution in [2.24, 2.45) is 0 Å². The molecule has 0 N–H and O–H groups in total. The molecule has 1 unspecified atom stereocenters. The molecule has 0 aliphatic heterocycles. The lowest BCUT2D eigenvalue weighted by molar-refractivity contribution is 0.116. The summed E-state index contributed by atoms with van der Waals surface area (Å²) in [6, 6.07) is 21.0. The third-order valence-corrected chi connectivity index (χ3v) is 3.67.